The van der Waals surface area contributed by atoms with Gasteiger partial charge in [-0.3, -0.25) is 4.90 Å². The number of carboxylic acids is 1. The van der Waals surface area contributed by atoms with Gasteiger partial charge in [0, 0.05) is 37.4 Å². The number of piperazine rings is 1. The molecule has 0 radical (unpaired) electrons. The van der Waals surface area contributed by atoms with Gasteiger partial charge < -0.3 is 10.0 Å². The molecule has 0 aliphatic carbocycles. The molecule has 1 aliphatic rings. The smallest absolute Gasteiger partial charge is 0.335 e. The van der Waals surface area contributed by atoms with Gasteiger partial charge in [-0.1, -0.05) is 6.92 Å². The van der Waals surface area contributed by atoms with Gasteiger partial charge in [-0.05, 0) is 39.3 Å². The number of carboxylic acid groups (broad SMARTS) is 1. The van der Waals surface area contributed by atoms with Crippen LogP contribution in [0.25, 0.3) is 0 Å². The zero-order valence-corrected chi connectivity index (χ0v) is 13.4. The highest BCUT2D eigenvalue weighted by molar-refractivity contribution is 5.88. The monoisotopic (exact) mass is 291 g/mol. The fourth-order valence-electron chi connectivity index (χ4n) is 2.64. The lowest BCUT2D eigenvalue weighted by molar-refractivity contribution is 0.0696. The van der Waals surface area contributed by atoms with Crippen LogP contribution < -0.4 is 4.90 Å². The average Bonchev–Trinajstić information content (AvgIpc) is 2.46. The third kappa shape index (κ3) is 3.73. The van der Waals surface area contributed by atoms with Gasteiger partial charge in [0.25, 0.3) is 0 Å². The molecule has 1 aromatic rings. The van der Waals surface area contributed by atoms with Crippen LogP contribution in [-0.2, 0) is 6.42 Å². The molecule has 5 nitrogen and oxygen atoms in total. The minimum Gasteiger partial charge on any atom is -0.478 e. The highest BCUT2D eigenvalue weighted by Crippen LogP contribution is 2.21. The van der Waals surface area contributed by atoms with Gasteiger partial charge in [0.1, 0.15) is 5.82 Å². The molecule has 0 unspecified atom stereocenters. The third-order valence-corrected chi connectivity index (χ3v) is 4.03. The second-order valence-corrected chi connectivity index (χ2v) is 6.51. The van der Waals surface area contributed by atoms with Crippen LogP contribution in [0.3, 0.4) is 0 Å². The summed E-state index contributed by atoms with van der Waals surface area (Å²) < 4.78 is 0. The van der Waals surface area contributed by atoms with Crippen molar-refractivity contribution in [3.63, 3.8) is 0 Å². The van der Waals surface area contributed by atoms with Gasteiger partial charge in [-0.2, -0.15) is 0 Å². The normalized spacial score (nSPS) is 17.0. The molecule has 0 aromatic carbocycles. The van der Waals surface area contributed by atoms with Crippen molar-refractivity contribution in [2.75, 3.05) is 31.1 Å². The fourth-order valence-corrected chi connectivity index (χ4v) is 2.64. The van der Waals surface area contributed by atoms with Crippen LogP contribution in [0.2, 0.25) is 0 Å². The molecule has 1 aliphatic heterocycles. The topological polar surface area (TPSA) is 56.7 Å². The van der Waals surface area contributed by atoms with Gasteiger partial charge >= 0.3 is 5.97 Å². The van der Waals surface area contributed by atoms with E-state index in [2.05, 4.69) is 35.6 Å². The first-order valence-corrected chi connectivity index (χ1v) is 7.55. The molecule has 2 rings (SSSR count). The van der Waals surface area contributed by atoms with Gasteiger partial charge in [-0.25, -0.2) is 9.78 Å². The molecule has 21 heavy (non-hydrogen) atoms. The van der Waals surface area contributed by atoms with Crippen molar-refractivity contribution in [1.29, 1.82) is 0 Å². The summed E-state index contributed by atoms with van der Waals surface area (Å²) in [5, 5.41) is 9.22. The lowest BCUT2D eigenvalue weighted by atomic mass is 10.0. The summed E-state index contributed by atoms with van der Waals surface area (Å²) in [7, 11) is 0. The van der Waals surface area contributed by atoms with Crippen LogP contribution in [0.4, 0.5) is 5.82 Å². The first kappa shape index (κ1) is 15.8. The maximum atomic E-state index is 11.2. The Hall–Kier alpha value is -1.62. The summed E-state index contributed by atoms with van der Waals surface area (Å²) >= 11 is 0. The maximum absolute atomic E-state index is 11.2. The number of anilines is 1. The number of aromatic nitrogens is 1. The largest absolute Gasteiger partial charge is 0.478 e. The molecule has 0 spiro atoms. The Morgan fingerprint density at radius 2 is 1.86 bits per heavy atom. The van der Waals surface area contributed by atoms with Crippen molar-refractivity contribution in [3.05, 3.63) is 23.4 Å². The Balaban J connectivity index is 2.16. The predicted octanol–water partition coefficient (Wildman–Crippen LogP) is 2.26. The van der Waals surface area contributed by atoms with Crippen LogP contribution in [0, 0.1) is 0 Å². The van der Waals surface area contributed by atoms with Gasteiger partial charge in [0.05, 0.1) is 5.56 Å². The second-order valence-electron chi connectivity index (χ2n) is 6.51. The number of pyridine rings is 1. The van der Waals surface area contributed by atoms with E-state index >= 15 is 0 Å². The molecule has 1 saturated heterocycles. The molecule has 1 aromatic heterocycles. The van der Waals surface area contributed by atoms with Crippen molar-refractivity contribution in [3.8, 4) is 0 Å². The van der Waals surface area contributed by atoms with Gasteiger partial charge in [0.2, 0.25) is 0 Å². The SMILES string of the molecule is CCc1cc(C(=O)O)cc(N2CCN(C(C)(C)C)CC2)n1. The Morgan fingerprint density at radius 3 is 2.33 bits per heavy atom. The lowest BCUT2D eigenvalue weighted by Gasteiger charge is -2.42. The van der Waals surface area contributed by atoms with E-state index in [1.807, 2.05) is 6.92 Å². The van der Waals surface area contributed by atoms with E-state index in [1.165, 1.54) is 0 Å². The zero-order chi connectivity index (χ0) is 15.6. The number of aromatic carboxylic acids is 1. The van der Waals surface area contributed by atoms with Crippen molar-refractivity contribution in [1.82, 2.24) is 9.88 Å². The van der Waals surface area contributed by atoms with E-state index in [1.54, 1.807) is 12.1 Å². The minimum absolute atomic E-state index is 0.178. The van der Waals surface area contributed by atoms with Crippen LogP contribution in [-0.4, -0.2) is 52.7 Å². The molecule has 0 amide bonds. The Labute approximate surface area is 126 Å². The molecule has 1 fully saturated rings. The Kier molecular flexibility index (Phi) is 4.52. The number of hydrogen-bond donors (Lipinski definition) is 1. The quantitative estimate of drug-likeness (QED) is 0.926. The van der Waals surface area contributed by atoms with E-state index in [4.69, 9.17) is 0 Å². The zero-order valence-electron chi connectivity index (χ0n) is 13.4. The van der Waals surface area contributed by atoms with Crippen LogP contribution in [0.1, 0.15) is 43.7 Å². The molecule has 116 valence electrons. The summed E-state index contributed by atoms with van der Waals surface area (Å²) in [6.07, 6.45) is 0.746. The molecular weight excluding hydrogens is 266 g/mol. The van der Waals surface area contributed by atoms with E-state index < -0.39 is 5.97 Å². The van der Waals surface area contributed by atoms with Crippen molar-refractivity contribution in [2.45, 2.75) is 39.7 Å². The molecule has 0 bridgehead atoms. The molecule has 0 atom stereocenters. The summed E-state index contributed by atoms with van der Waals surface area (Å²) in [5.74, 6) is -0.0954. The van der Waals surface area contributed by atoms with Crippen molar-refractivity contribution < 1.29 is 9.90 Å². The van der Waals surface area contributed by atoms with Crippen LogP contribution in [0.5, 0.6) is 0 Å². The third-order valence-electron chi connectivity index (χ3n) is 4.03. The summed E-state index contributed by atoms with van der Waals surface area (Å²) in [6, 6.07) is 3.35. The van der Waals surface area contributed by atoms with Gasteiger partial charge in [-0.15, -0.1) is 0 Å². The average molecular weight is 291 g/mol. The highest BCUT2D eigenvalue weighted by Gasteiger charge is 2.26. The molecule has 5 heteroatoms. The maximum Gasteiger partial charge on any atom is 0.335 e. The molecule has 1 N–H and O–H groups in total. The Morgan fingerprint density at radius 1 is 1.24 bits per heavy atom. The Bertz CT molecular complexity index is 515. The van der Waals surface area contributed by atoms with E-state index in [9.17, 15) is 9.90 Å². The number of carbonyl (C=O) groups is 1. The summed E-state index contributed by atoms with van der Waals surface area (Å²) in [6.45, 7) is 12.4. The number of rotatable bonds is 3. The van der Waals surface area contributed by atoms with E-state index in [0.717, 1.165) is 44.1 Å². The summed E-state index contributed by atoms with van der Waals surface area (Å²) in [5.41, 5.74) is 1.34. The minimum atomic E-state index is -0.887. The molecule has 0 saturated carbocycles. The van der Waals surface area contributed by atoms with E-state index in [0.29, 0.717) is 5.56 Å². The first-order chi connectivity index (χ1) is 9.81. The molecular formula is C16H25N3O2. The summed E-state index contributed by atoms with van der Waals surface area (Å²) in [4.78, 5) is 20.5. The second kappa shape index (κ2) is 6.02. The van der Waals surface area contributed by atoms with Crippen LogP contribution in [0.15, 0.2) is 12.1 Å². The fraction of sp³-hybridized carbons (Fsp3) is 0.625. The van der Waals surface area contributed by atoms with Crippen molar-refractivity contribution >= 4 is 11.8 Å². The number of hydrogen-bond acceptors (Lipinski definition) is 4. The lowest BCUT2D eigenvalue weighted by Crippen LogP contribution is -2.53. The first-order valence-electron chi connectivity index (χ1n) is 7.55. The molecule has 2 heterocycles. The predicted molar refractivity (Wildman–Crippen MR) is 84.1 cm³/mol. The van der Waals surface area contributed by atoms with Crippen LogP contribution >= 0.6 is 0 Å². The number of nitrogens with zero attached hydrogens (tertiary/aromatic N) is 3. The number of aryl methyl sites for hydroxylation is 1. The van der Waals surface area contributed by atoms with E-state index in [-0.39, 0.29) is 5.54 Å². The van der Waals surface area contributed by atoms with Crippen molar-refractivity contribution in [2.24, 2.45) is 0 Å². The highest BCUT2D eigenvalue weighted by atomic mass is 16.4. The van der Waals surface area contributed by atoms with Gasteiger partial charge in [0.15, 0.2) is 0 Å². The standard InChI is InChI=1S/C16H25N3O2/c1-5-13-10-12(15(20)21)11-14(17-13)18-6-8-19(9-7-18)16(2,3)4/h10-11H,5-9H2,1-4H3,(H,20,21).